The molecule has 0 aliphatic heterocycles. The van der Waals surface area contributed by atoms with Crippen LogP contribution in [0.15, 0.2) is 51.7 Å². The third-order valence-corrected chi connectivity index (χ3v) is 3.83. The summed E-state index contributed by atoms with van der Waals surface area (Å²) in [6.07, 6.45) is 4.69. The van der Waals surface area contributed by atoms with Crippen LogP contribution in [0.5, 0.6) is 0 Å². The molecule has 4 heteroatoms. The first-order valence-corrected chi connectivity index (χ1v) is 7.86. The van der Waals surface area contributed by atoms with E-state index in [0.717, 1.165) is 21.9 Å². The van der Waals surface area contributed by atoms with Crippen LogP contribution in [0.4, 0.5) is 0 Å². The predicted molar refractivity (Wildman–Crippen MR) is 86.2 cm³/mol. The molecule has 1 unspecified atom stereocenters. The van der Waals surface area contributed by atoms with E-state index in [1.807, 2.05) is 18.5 Å². The highest BCUT2D eigenvalue weighted by atomic mass is 79.9. The van der Waals surface area contributed by atoms with Gasteiger partial charge in [0.1, 0.15) is 0 Å². The van der Waals surface area contributed by atoms with Gasteiger partial charge in [-0.1, -0.05) is 35.0 Å². The Labute approximate surface area is 130 Å². The molecule has 0 saturated carbocycles. The SMILES string of the molecule is CCNC(Cc1cccc(Br)c1)c1cncc(Br)c1. The molecule has 2 aromatic rings. The number of halogens is 2. The zero-order chi connectivity index (χ0) is 13.7. The fourth-order valence-corrected chi connectivity index (χ4v) is 2.90. The average molecular weight is 384 g/mol. The number of nitrogens with one attached hydrogen (secondary N) is 1. The van der Waals surface area contributed by atoms with Crippen LogP contribution in [0.1, 0.15) is 24.1 Å². The lowest BCUT2D eigenvalue weighted by molar-refractivity contribution is 0.548. The van der Waals surface area contributed by atoms with Crippen LogP contribution in [0, 0.1) is 0 Å². The lowest BCUT2D eigenvalue weighted by atomic mass is 10.0. The Bertz CT molecular complexity index is 543. The fourth-order valence-electron chi connectivity index (χ4n) is 2.07. The van der Waals surface area contributed by atoms with Crippen LogP contribution >= 0.6 is 31.9 Å². The van der Waals surface area contributed by atoms with Crippen molar-refractivity contribution >= 4 is 31.9 Å². The topological polar surface area (TPSA) is 24.9 Å². The highest BCUT2D eigenvalue weighted by molar-refractivity contribution is 9.10. The summed E-state index contributed by atoms with van der Waals surface area (Å²) in [4.78, 5) is 4.25. The number of hydrogen-bond donors (Lipinski definition) is 1. The highest BCUT2D eigenvalue weighted by Crippen LogP contribution is 2.22. The van der Waals surface area contributed by atoms with Gasteiger partial charge in [-0.3, -0.25) is 4.98 Å². The maximum atomic E-state index is 4.25. The molecule has 0 aliphatic carbocycles. The van der Waals surface area contributed by atoms with Gasteiger partial charge in [-0.2, -0.15) is 0 Å². The van der Waals surface area contributed by atoms with E-state index in [1.54, 1.807) is 0 Å². The molecule has 1 aromatic heterocycles. The van der Waals surface area contributed by atoms with E-state index in [9.17, 15) is 0 Å². The number of hydrogen-bond acceptors (Lipinski definition) is 2. The molecular weight excluding hydrogens is 368 g/mol. The van der Waals surface area contributed by atoms with Gasteiger partial charge in [0, 0.05) is 27.4 Å². The second kappa shape index (κ2) is 7.17. The quantitative estimate of drug-likeness (QED) is 0.822. The van der Waals surface area contributed by atoms with Crippen molar-refractivity contribution in [3.8, 4) is 0 Å². The summed E-state index contributed by atoms with van der Waals surface area (Å²) in [7, 11) is 0. The molecule has 0 fully saturated rings. The molecule has 0 amide bonds. The summed E-state index contributed by atoms with van der Waals surface area (Å²) >= 11 is 7.00. The van der Waals surface area contributed by atoms with Gasteiger partial charge in [-0.05, 0) is 58.2 Å². The molecule has 0 aliphatic rings. The standard InChI is InChI=1S/C15H16Br2N2/c1-2-19-15(12-8-14(17)10-18-9-12)7-11-4-3-5-13(16)6-11/h3-6,8-10,15,19H,2,7H2,1H3. The summed E-state index contributed by atoms with van der Waals surface area (Å²) in [6.45, 7) is 3.06. The largest absolute Gasteiger partial charge is 0.310 e. The zero-order valence-corrected chi connectivity index (χ0v) is 13.9. The Kier molecular flexibility index (Phi) is 5.55. The van der Waals surface area contributed by atoms with Gasteiger partial charge >= 0.3 is 0 Å². The second-order valence-corrected chi connectivity index (χ2v) is 6.21. The van der Waals surface area contributed by atoms with Crippen LogP contribution in [-0.2, 0) is 6.42 Å². The molecule has 0 spiro atoms. The average Bonchev–Trinajstić information content (AvgIpc) is 2.38. The van der Waals surface area contributed by atoms with Crippen molar-refractivity contribution in [3.63, 3.8) is 0 Å². The first-order chi connectivity index (χ1) is 9.19. The van der Waals surface area contributed by atoms with Crippen LogP contribution in [0.3, 0.4) is 0 Å². The molecule has 2 rings (SSSR count). The summed E-state index contributed by atoms with van der Waals surface area (Å²) in [6, 6.07) is 10.8. The third kappa shape index (κ3) is 4.41. The minimum absolute atomic E-state index is 0.282. The number of aromatic nitrogens is 1. The molecule has 100 valence electrons. The minimum Gasteiger partial charge on any atom is -0.310 e. The number of rotatable bonds is 5. The smallest absolute Gasteiger partial charge is 0.0410 e. The van der Waals surface area contributed by atoms with Crippen LogP contribution in [-0.4, -0.2) is 11.5 Å². The molecule has 0 bridgehead atoms. The summed E-state index contributed by atoms with van der Waals surface area (Å²) < 4.78 is 2.13. The minimum atomic E-state index is 0.282. The number of nitrogens with zero attached hydrogens (tertiary/aromatic N) is 1. The Balaban J connectivity index is 2.21. The first kappa shape index (κ1) is 14.7. The molecule has 0 saturated heterocycles. The van der Waals surface area contributed by atoms with Crippen LogP contribution in [0.2, 0.25) is 0 Å². The van der Waals surface area contributed by atoms with Crippen LogP contribution in [0.25, 0.3) is 0 Å². The monoisotopic (exact) mass is 382 g/mol. The molecule has 0 radical (unpaired) electrons. The van der Waals surface area contributed by atoms with Crippen molar-refractivity contribution in [1.82, 2.24) is 10.3 Å². The van der Waals surface area contributed by atoms with Crippen molar-refractivity contribution in [2.24, 2.45) is 0 Å². The van der Waals surface area contributed by atoms with Crippen molar-refractivity contribution in [3.05, 3.63) is 62.8 Å². The highest BCUT2D eigenvalue weighted by Gasteiger charge is 2.12. The first-order valence-electron chi connectivity index (χ1n) is 6.27. The Morgan fingerprint density at radius 1 is 1.16 bits per heavy atom. The molecule has 1 N–H and O–H groups in total. The zero-order valence-electron chi connectivity index (χ0n) is 10.7. The third-order valence-electron chi connectivity index (χ3n) is 2.91. The van der Waals surface area contributed by atoms with Gasteiger partial charge in [-0.15, -0.1) is 0 Å². The summed E-state index contributed by atoms with van der Waals surface area (Å²) in [5, 5.41) is 3.52. The van der Waals surface area contributed by atoms with Crippen LogP contribution < -0.4 is 5.32 Å². The number of benzene rings is 1. The second-order valence-electron chi connectivity index (χ2n) is 4.38. The summed E-state index contributed by atoms with van der Waals surface area (Å²) in [5.41, 5.74) is 2.51. The van der Waals surface area contributed by atoms with E-state index in [1.165, 1.54) is 11.1 Å². The molecule has 1 aromatic carbocycles. The van der Waals surface area contributed by atoms with Gasteiger partial charge in [-0.25, -0.2) is 0 Å². The number of pyridine rings is 1. The van der Waals surface area contributed by atoms with E-state index >= 15 is 0 Å². The molecule has 1 atom stereocenters. The van der Waals surface area contributed by atoms with Gasteiger partial charge in [0.25, 0.3) is 0 Å². The maximum Gasteiger partial charge on any atom is 0.0410 e. The van der Waals surface area contributed by atoms with E-state index in [2.05, 4.69) is 73.3 Å². The van der Waals surface area contributed by atoms with E-state index in [-0.39, 0.29) is 6.04 Å². The van der Waals surface area contributed by atoms with Gasteiger partial charge in [0.15, 0.2) is 0 Å². The maximum absolute atomic E-state index is 4.25. The number of likely N-dealkylation sites (N-methyl/N-ethyl adjacent to an activating group) is 1. The van der Waals surface area contributed by atoms with Crippen molar-refractivity contribution in [2.45, 2.75) is 19.4 Å². The van der Waals surface area contributed by atoms with Crippen molar-refractivity contribution < 1.29 is 0 Å². The molecule has 1 heterocycles. The predicted octanol–water partition coefficient (Wildman–Crippen LogP) is 4.50. The van der Waals surface area contributed by atoms with Gasteiger partial charge < -0.3 is 5.32 Å². The molecular formula is C15H16Br2N2. The van der Waals surface area contributed by atoms with E-state index in [0.29, 0.717) is 0 Å². The fraction of sp³-hybridized carbons (Fsp3) is 0.267. The Hall–Kier alpha value is -0.710. The molecule has 2 nitrogen and oxygen atoms in total. The van der Waals surface area contributed by atoms with Crippen molar-refractivity contribution in [1.29, 1.82) is 0 Å². The van der Waals surface area contributed by atoms with Crippen molar-refractivity contribution in [2.75, 3.05) is 6.54 Å². The lowest BCUT2D eigenvalue weighted by Gasteiger charge is -2.18. The van der Waals surface area contributed by atoms with E-state index < -0.39 is 0 Å². The molecule has 19 heavy (non-hydrogen) atoms. The van der Waals surface area contributed by atoms with E-state index in [4.69, 9.17) is 0 Å². The van der Waals surface area contributed by atoms with Gasteiger partial charge in [0.05, 0.1) is 0 Å². The Morgan fingerprint density at radius 3 is 2.68 bits per heavy atom. The lowest BCUT2D eigenvalue weighted by Crippen LogP contribution is -2.23. The van der Waals surface area contributed by atoms with Gasteiger partial charge in [0.2, 0.25) is 0 Å². The summed E-state index contributed by atoms with van der Waals surface area (Å²) in [5.74, 6) is 0. The normalized spacial score (nSPS) is 12.4. The Morgan fingerprint density at radius 2 is 2.00 bits per heavy atom.